The van der Waals surface area contributed by atoms with E-state index in [0.29, 0.717) is 17.4 Å². The van der Waals surface area contributed by atoms with Crippen LogP contribution in [0.3, 0.4) is 0 Å². The first kappa shape index (κ1) is 17.2. The third-order valence-corrected chi connectivity index (χ3v) is 3.88. The molecule has 1 aliphatic rings. The SMILES string of the molecule is CN(C)C(=O)Nc1cccc(-c2nc(C3(N)CCC3)no2)c1.Cl. The van der Waals surface area contributed by atoms with Gasteiger partial charge in [0.2, 0.25) is 0 Å². The van der Waals surface area contributed by atoms with Gasteiger partial charge >= 0.3 is 6.03 Å². The number of urea groups is 1. The van der Waals surface area contributed by atoms with Gasteiger partial charge in [-0.2, -0.15) is 4.98 Å². The van der Waals surface area contributed by atoms with Crippen molar-refractivity contribution < 1.29 is 9.32 Å². The summed E-state index contributed by atoms with van der Waals surface area (Å²) in [5.74, 6) is 0.962. The molecule has 1 aromatic carbocycles. The summed E-state index contributed by atoms with van der Waals surface area (Å²) in [5, 5.41) is 6.78. The van der Waals surface area contributed by atoms with Crippen molar-refractivity contribution in [3.05, 3.63) is 30.1 Å². The summed E-state index contributed by atoms with van der Waals surface area (Å²) >= 11 is 0. The highest BCUT2D eigenvalue weighted by Gasteiger charge is 2.39. The summed E-state index contributed by atoms with van der Waals surface area (Å²) in [6, 6.07) is 7.08. The minimum absolute atomic E-state index is 0. The number of carbonyl (C=O) groups excluding carboxylic acids is 1. The van der Waals surface area contributed by atoms with Gasteiger partial charge in [0.25, 0.3) is 5.89 Å². The van der Waals surface area contributed by atoms with Crippen LogP contribution in [0.25, 0.3) is 11.5 Å². The number of halogens is 1. The van der Waals surface area contributed by atoms with E-state index in [1.807, 2.05) is 12.1 Å². The molecule has 0 unspecified atom stereocenters. The first-order chi connectivity index (χ1) is 10.5. The number of nitrogens with zero attached hydrogens (tertiary/aromatic N) is 3. The van der Waals surface area contributed by atoms with E-state index in [1.165, 1.54) is 4.90 Å². The molecule has 0 spiro atoms. The first-order valence-corrected chi connectivity index (χ1v) is 7.20. The summed E-state index contributed by atoms with van der Waals surface area (Å²) in [6.45, 7) is 0. The van der Waals surface area contributed by atoms with E-state index in [4.69, 9.17) is 10.3 Å². The molecule has 8 heteroatoms. The molecule has 0 bridgehead atoms. The van der Waals surface area contributed by atoms with Crippen molar-refractivity contribution in [3.63, 3.8) is 0 Å². The fourth-order valence-corrected chi connectivity index (χ4v) is 2.29. The molecule has 2 amide bonds. The van der Waals surface area contributed by atoms with Crippen LogP contribution in [0.1, 0.15) is 25.1 Å². The molecule has 1 aromatic heterocycles. The Balaban J connectivity index is 0.00000192. The second kappa shape index (κ2) is 6.55. The molecule has 1 heterocycles. The molecule has 23 heavy (non-hydrogen) atoms. The zero-order valence-corrected chi connectivity index (χ0v) is 13.9. The molecule has 2 aromatic rings. The van der Waals surface area contributed by atoms with Gasteiger partial charge in [0, 0.05) is 25.3 Å². The third-order valence-electron chi connectivity index (χ3n) is 3.88. The van der Waals surface area contributed by atoms with Gasteiger partial charge in [-0.05, 0) is 37.5 Å². The lowest BCUT2D eigenvalue weighted by Gasteiger charge is -2.34. The topological polar surface area (TPSA) is 97.3 Å². The van der Waals surface area contributed by atoms with E-state index in [0.717, 1.165) is 24.8 Å². The van der Waals surface area contributed by atoms with Crippen molar-refractivity contribution in [2.75, 3.05) is 19.4 Å². The standard InChI is InChI=1S/C15H19N5O2.ClH/c1-20(2)14(21)17-11-6-3-5-10(9-11)12-18-13(19-22-12)15(16)7-4-8-15;/h3,5-6,9H,4,7-8,16H2,1-2H3,(H,17,21);1H. The maximum absolute atomic E-state index is 11.7. The zero-order chi connectivity index (χ0) is 15.7. The number of amides is 2. The predicted octanol–water partition coefficient (Wildman–Crippen LogP) is 2.59. The third kappa shape index (κ3) is 3.46. The molecule has 1 fully saturated rings. The molecule has 0 saturated heterocycles. The Kier molecular flexibility index (Phi) is 4.91. The predicted molar refractivity (Wildman–Crippen MR) is 89.4 cm³/mol. The van der Waals surface area contributed by atoms with E-state index in [2.05, 4.69) is 15.5 Å². The van der Waals surface area contributed by atoms with Gasteiger partial charge in [-0.15, -0.1) is 12.4 Å². The lowest BCUT2D eigenvalue weighted by Crippen LogP contribution is -2.44. The Labute approximate surface area is 140 Å². The summed E-state index contributed by atoms with van der Waals surface area (Å²) in [7, 11) is 3.37. The highest BCUT2D eigenvalue weighted by atomic mass is 35.5. The van der Waals surface area contributed by atoms with Gasteiger partial charge in [-0.3, -0.25) is 0 Å². The number of hydrogen-bond acceptors (Lipinski definition) is 5. The van der Waals surface area contributed by atoms with E-state index < -0.39 is 5.54 Å². The minimum Gasteiger partial charge on any atom is -0.334 e. The highest BCUT2D eigenvalue weighted by Crippen LogP contribution is 2.37. The normalized spacial score (nSPS) is 15.3. The fraction of sp³-hybridized carbons (Fsp3) is 0.400. The van der Waals surface area contributed by atoms with Crippen LogP contribution in [0.2, 0.25) is 0 Å². The Morgan fingerprint density at radius 1 is 1.39 bits per heavy atom. The maximum Gasteiger partial charge on any atom is 0.321 e. The molecular weight excluding hydrogens is 318 g/mol. The van der Waals surface area contributed by atoms with Gasteiger partial charge in [0.1, 0.15) is 0 Å². The van der Waals surface area contributed by atoms with Crippen molar-refractivity contribution in [3.8, 4) is 11.5 Å². The average molecular weight is 338 g/mol. The number of benzene rings is 1. The van der Waals surface area contributed by atoms with Crippen LogP contribution in [0.5, 0.6) is 0 Å². The highest BCUT2D eigenvalue weighted by molar-refractivity contribution is 5.89. The molecule has 1 aliphatic carbocycles. The van der Waals surface area contributed by atoms with Gasteiger partial charge in [-0.25, -0.2) is 4.79 Å². The van der Waals surface area contributed by atoms with Crippen LogP contribution in [0.15, 0.2) is 28.8 Å². The van der Waals surface area contributed by atoms with Crippen LogP contribution in [-0.2, 0) is 5.54 Å². The van der Waals surface area contributed by atoms with Crippen LogP contribution >= 0.6 is 12.4 Å². The Bertz CT molecular complexity index is 697. The number of hydrogen-bond donors (Lipinski definition) is 2. The summed E-state index contributed by atoms with van der Waals surface area (Å²) in [6.07, 6.45) is 2.85. The Morgan fingerprint density at radius 2 is 2.13 bits per heavy atom. The number of nitrogens with one attached hydrogen (secondary N) is 1. The van der Waals surface area contributed by atoms with Crippen molar-refractivity contribution >= 4 is 24.1 Å². The maximum atomic E-state index is 11.7. The van der Waals surface area contributed by atoms with Crippen LogP contribution in [0, 0.1) is 0 Å². The smallest absolute Gasteiger partial charge is 0.321 e. The zero-order valence-electron chi connectivity index (χ0n) is 13.1. The number of nitrogens with two attached hydrogens (primary N) is 1. The molecule has 3 N–H and O–H groups in total. The average Bonchev–Trinajstić information content (AvgIpc) is 2.95. The summed E-state index contributed by atoms with van der Waals surface area (Å²) in [5.41, 5.74) is 7.17. The van der Waals surface area contributed by atoms with Gasteiger partial charge in [-0.1, -0.05) is 11.2 Å². The summed E-state index contributed by atoms with van der Waals surface area (Å²) in [4.78, 5) is 17.6. The second-order valence-corrected chi connectivity index (χ2v) is 5.84. The van der Waals surface area contributed by atoms with Gasteiger partial charge < -0.3 is 20.5 Å². The second-order valence-electron chi connectivity index (χ2n) is 5.84. The van der Waals surface area contributed by atoms with Crippen molar-refractivity contribution in [1.29, 1.82) is 0 Å². The lowest BCUT2D eigenvalue weighted by atomic mass is 9.77. The van der Waals surface area contributed by atoms with Crippen LogP contribution in [-0.4, -0.2) is 35.2 Å². The lowest BCUT2D eigenvalue weighted by molar-refractivity contribution is 0.229. The molecule has 0 atom stereocenters. The van der Waals surface area contributed by atoms with Crippen molar-refractivity contribution in [2.45, 2.75) is 24.8 Å². The molecule has 1 saturated carbocycles. The molecule has 0 aliphatic heterocycles. The Morgan fingerprint density at radius 3 is 2.74 bits per heavy atom. The van der Waals surface area contributed by atoms with Crippen molar-refractivity contribution in [2.24, 2.45) is 5.73 Å². The van der Waals surface area contributed by atoms with E-state index in [9.17, 15) is 4.79 Å². The fourth-order valence-electron chi connectivity index (χ4n) is 2.29. The molecular formula is C15H20ClN5O2. The van der Waals surface area contributed by atoms with E-state index in [1.54, 1.807) is 26.2 Å². The van der Waals surface area contributed by atoms with E-state index >= 15 is 0 Å². The molecule has 3 rings (SSSR count). The van der Waals surface area contributed by atoms with Crippen molar-refractivity contribution in [1.82, 2.24) is 15.0 Å². The Hall–Kier alpha value is -2.12. The number of carbonyl (C=O) groups is 1. The van der Waals surface area contributed by atoms with Gasteiger partial charge in [0.15, 0.2) is 5.82 Å². The quantitative estimate of drug-likeness (QED) is 0.897. The molecule has 0 radical (unpaired) electrons. The van der Waals surface area contributed by atoms with E-state index in [-0.39, 0.29) is 18.4 Å². The molecule has 7 nitrogen and oxygen atoms in total. The first-order valence-electron chi connectivity index (χ1n) is 7.20. The van der Waals surface area contributed by atoms with Crippen LogP contribution in [0.4, 0.5) is 10.5 Å². The minimum atomic E-state index is -0.446. The monoisotopic (exact) mass is 337 g/mol. The number of rotatable bonds is 3. The van der Waals surface area contributed by atoms with Crippen LogP contribution < -0.4 is 11.1 Å². The summed E-state index contributed by atoms with van der Waals surface area (Å²) < 4.78 is 5.32. The number of aromatic nitrogens is 2. The van der Waals surface area contributed by atoms with Gasteiger partial charge in [0.05, 0.1) is 5.54 Å². The number of anilines is 1. The largest absolute Gasteiger partial charge is 0.334 e. The molecule has 124 valence electrons.